The lowest BCUT2D eigenvalue weighted by atomic mass is 10.1. The molecule has 1 aliphatic heterocycles. The van der Waals surface area contributed by atoms with Gasteiger partial charge in [0, 0.05) is 38.4 Å². The first kappa shape index (κ1) is 12.3. The van der Waals surface area contributed by atoms with Gasteiger partial charge in [-0.3, -0.25) is 0 Å². The maximum Gasteiger partial charge on any atom is 0.125 e. The normalized spacial score (nSPS) is 17.5. The molecule has 3 nitrogen and oxygen atoms in total. The predicted molar refractivity (Wildman–Crippen MR) is 68.9 cm³/mol. The number of benzene rings is 1. The highest BCUT2D eigenvalue weighted by atomic mass is 19.1. The van der Waals surface area contributed by atoms with Gasteiger partial charge in [0.2, 0.25) is 0 Å². The van der Waals surface area contributed by atoms with Crippen LogP contribution < -0.4 is 10.2 Å². The average Bonchev–Trinajstić information content (AvgIpc) is 2.29. The first-order valence-corrected chi connectivity index (χ1v) is 6.06. The molecule has 4 heteroatoms. The highest BCUT2D eigenvalue weighted by Gasteiger charge is 2.15. The summed E-state index contributed by atoms with van der Waals surface area (Å²) in [6.45, 7) is 4.73. The number of halogens is 1. The third kappa shape index (κ3) is 3.17. The van der Waals surface area contributed by atoms with E-state index in [9.17, 15) is 4.39 Å². The van der Waals surface area contributed by atoms with Crippen LogP contribution in [0.4, 0.5) is 10.1 Å². The molecular weight excluding hydrogens is 217 g/mol. The van der Waals surface area contributed by atoms with Crippen LogP contribution in [0.2, 0.25) is 0 Å². The molecule has 94 valence electrons. The first-order valence-electron chi connectivity index (χ1n) is 6.06. The van der Waals surface area contributed by atoms with E-state index in [1.54, 1.807) is 12.1 Å². The van der Waals surface area contributed by atoms with Crippen LogP contribution in [0.5, 0.6) is 0 Å². The maximum absolute atomic E-state index is 13.5. The Morgan fingerprint density at radius 3 is 2.53 bits per heavy atom. The fourth-order valence-corrected chi connectivity index (χ4v) is 2.19. The average molecular weight is 237 g/mol. The highest BCUT2D eigenvalue weighted by Crippen LogP contribution is 2.20. The molecule has 1 aromatic carbocycles. The predicted octanol–water partition coefficient (Wildman–Crippen LogP) is 1.30. The molecule has 0 bridgehead atoms. The molecule has 1 N–H and O–H groups in total. The van der Waals surface area contributed by atoms with Crippen molar-refractivity contribution in [3.8, 4) is 0 Å². The monoisotopic (exact) mass is 237 g/mol. The van der Waals surface area contributed by atoms with Crippen LogP contribution in [-0.4, -0.2) is 45.2 Å². The molecule has 1 saturated heterocycles. The summed E-state index contributed by atoms with van der Waals surface area (Å²) in [7, 11) is 4.00. The van der Waals surface area contributed by atoms with Gasteiger partial charge in [0.15, 0.2) is 0 Å². The standard InChI is InChI=1S/C13H20FN3/c1-15-10-11-7-12(14)9-13(8-11)17-5-3-16(2)4-6-17/h7-9,15H,3-6,10H2,1-2H3. The van der Waals surface area contributed by atoms with Crippen molar-refractivity contribution in [2.75, 3.05) is 45.2 Å². The van der Waals surface area contributed by atoms with Gasteiger partial charge >= 0.3 is 0 Å². The zero-order valence-electron chi connectivity index (χ0n) is 10.5. The van der Waals surface area contributed by atoms with Crippen molar-refractivity contribution in [2.24, 2.45) is 0 Å². The summed E-state index contributed by atoms with van der Waals surface area (Å²) in [6, 6.07) is 5.30. The SMILES string of the molecule is CNCc1cc(F)cc(N2CCN(C)CC2)c1. The number of hydrogen-bond donors (Lipinski definition) is 1. The van der Waals surface area contributed by atoms with Gasteiger partial charge in [-0.05, 0) is 37.9 Å². The Bertz CT molecular complexity index is 373. The van der Waals surface area contributed by atoms with Crippen LogP contribution in [0.1, 0.15) is 5.56 Å². The second-order valence-corrected chi connectivity index (χ2v) is 4.64. The Morgan fingerprint density at radius 2 is 1.88 bits per heavy atom. The highest BCUT2D eigenvalue weighted by molar-refractivity contribution is 5.49. The Balaban J connectivity index is 2.14. The summed E-state index contributed by atoms with van der Waals surface area (Å²) in [5, 5.41) is 3.05. The van der Waals surface area contributed by atoms with Gasteiger partial charge < -0.3 is 15.1 Å². The Kier molecular flexibility index (Phi) is 3.97. The summed E-state index contributed by atoms with van der Waals surface area (Å²) in [5.74, 6) is -0.147. The number of likely N-dealkylation sites (N-methyl/N-ethyl adjacent to an activating group) is 1. The van der Waals surface area contributed by atoms with Crippen molar-refractivity contribution in [1.29, 1.82) is 0 Å². The largest absolute Gasteiger partial charge is 0.369 e. The van der Waals surface area contributed by atoms with Crippen LogP contribution in [0, 0.1) is 5.82 Å². The molecular formula is C13H20FN3. The molecule has 0 radical (unpaired) electrons. The molecule has 1 aliphatic rings. The molecule has 0 aromatic heterocycles. The first-order chi connectivity index (χ1) is 8.19. The summed E-state index contributed by atoms with van der Waals surface area (Å²) in [6.07, 6.45) is 0. The lowest BCUT2D eigenvalue weighted by Gasteiger charge is -2.34. The van der Waals surface area contributed by atoms with Crippen LogP contribution in [0.3, 0.4) is 0 Å². The van der Waals surface area contributed by atoms with Crippen molar-refractivity contribution in [1.82, 2.24) is 10.2 Å². The van der Waals surface area contributed by atoms with Gasteiger partial charge in [-0.25, -0.2) is 4.39 Å². The third-order valence-electron chi connectivity index (χ3n) is 3.19. The minimum Gasteiger partial charge on any atom is -0.369 e. The van der Waals surface area contributed by atoms with Gasteiger partial charge in [0.25, 0.3) is 0 Å². The summed E-state index contributed by atoms with van der Waals surface area (Å²) in [5.41, 5.74) is 2.00. The van der Waals surface area contributed by atoms with E-state index in [2.05, 4.69) is 28.2 Å². The van der Waals surface area contributed by atoms with E-state index in [1.807, 2.05) is 7.05 Å². The zero-order valence-corrected chi connectivity index (χ0v) is 10.5. The number of nitrogens with one attached hydrogen (secondary N) is 1. The van der Waals surface area contributed by atoms with Crippen LogP contribution >= 0.6 is 0 Å². The van der Waals surface area contributed by atoms with Crippen LogP contribution in [0.15, 0.2) is 18.2 Å². The lowest BCUT2D eigenvalue weighted by Crippen LogP contribution is -2.44. The number of hydrogen-bond acceptors (Lipinski definition) is 3. The van der Waals surface area contributed by atoms with E-state index in [4.69, 9.17) is 0 Å². The van der Waals surface area contributed by atoms with Crippen molar-refractivity contribution < 1.29 is 4.39 Å². The van der Waals surface area contributed by atoms with Gasteiger partial charge in [-0.2, -0.15) is 0 Å². The van der Waals surface area contributed by atoms with Crippen molar-refractivity contribution in [2.45, 2.75) is 6.54 Å². The van der Waals surface area contributed by atoms with E-state index in [0.717, 1.165) is 37.4 Å². The quantitative estimate of drug-likeness (QED) is 0.855. The van der Waals surface area contributed by atoms with E-state index >= 15 is 0 Å². The van der Waals surface area contributed by atoms with Gasteiger partial charge in [-0.1, -0.05) is 0 Å². The zero-order chi connectivity index (χ0) is 12.3. The molecule has 0 saturated carbocycles. The molecule has 17 heavy (non-hydrogen) atoms. The van der Waals surface area contributed by atoms with Crippen molar-refractivity contribution >= 4 is 5.69 Å². The summed E-state index contributed by atoms with van der Waals surface area (Å²) >= 11 is 0. The van der Waals surface area contributed by atoms with Crippen LogP contribution in [0.25, 0.3) is 0 Å². The molecule has 0 amide bonds. The number of nitrogens with zero attached hydrogens (tertiary/aromatic N) is 2. The van der Waals surface area contributed by atoms with Crippen LogP contribution in [-0.2, 0) is 6.54 Å². The maximum atomic E-state index is 13.5. The second kappa shape index (κ2) is 5.47. The van der Waals surface area contributed by atoms with E-state index < -0.39 is 0 Å². The van der Waals surface area contributed by atoms with Gasteiger partial charge in [-0.15, -0.1) is 0 Å². The third-order valence-corrected chi connectivity index (χ3v) is 3.19. The molecule has 0 atom stereocenters. The smallest absolute Gasteiger partial charge is 0.125 e. The number of piperazine rings is 1. The Labute approximate surface area is 102 Å². The van der Waals surface area contributed by atoms with Crippen molar-refractivity contribution in [3.05, 3.63) is 29.6 Å². The molecule has 0 spiro atoms. The minimum atomic E-state index is -0.147. The van der Waals surface area contributed by atoms with Gasteiger partial charge in [0.1, 0.15) is 5.82 Å². The summed E-state index contributed by atoms with van der Waals surface area (Å²) in [4.78, 5) is 4.55. The molecule has 0 unspecified atom stereocenters. The van der Waals surface area contributed by atoms with E-state index in [0.29, 0.717) is 6.54 Å². The van der Waals surface area contributed by atoms with Crippen molar-refractivity contribution in [3.63, 3.8) is 0 Å². The van der Waals surface area contributed by atoms with E-state index in [-0.39, 0.29) is 5.82 Å². The summed E-state index contributed by atoms with van der Waals surface area (Å²) < 4.78 is 13.5. The molecule has 1 fully saturated rings. The molecule has 1 heterocycles. The molecule has 2 rings (SSSR count). The Morgan fingerprint density at radius 1 is 1.18 bits per heavy atom. The number of anilines is 1. The topological polar surface area (TPSA) is 18.5 Å². The van der Waals surface area contributed by atoms with E-state index in [1.165, 1.54) is 0 Å². The molecule has 1 aromatic rings. The minimum absolute atomic E-state index is 0.147. The number of rotatable bonds is 3. The fraction of sp³-hybridized carbons (Fsp3) is 0.538. The fourth-order valence-electron chi connectivity index (χ4n) is 2.19. The second-order valence-electron chi connectivity index (χ2n) is 4.64. The lowest BCUT2D eigenvalue weighted by molar-refractivity contribution is 0.312. The molecule has 0 aliphatic carbocycles. The Hall–Kier alpha value is -1.13. The van der Waals surface area contributed by atoms with Gasteiger partial charge in [0.05, 0.1) is 0 Å².